The second-order valence-electron chi connectivity index (χ2n) is 16.8. The number of fused-ring (bicyclic) bond motifs is 4. The highest BCUT2D eigenvalue weighted by Crippen LogP contribution is 3.02. The van der Waals surface area contributed by atoms with E-state index >= 15 is 0 Å². The van der Waals surface area contributed by atoms with E-state index in [1.807, 2.05) is 0 Å². The van der Waals surface area contributed by atoms with Gasteiger partial charge in [0, 0.05) is 42.6 Å². The van der Waals surface area contributed by atoms with Crippen molar-refractivity contribution in [3.05, 3.63) is 57.9 Å². The maximum absolute atomic E-state index is 13.8. The van der Waals surface area contributed by atoms with Gasteiger partial charge < -0.3 is 18.6 Å². The van der Waals surface area contributed by atoms with Crippen molar-refractivity contribution in [2.75, 3.05) is 13.2 Å². The highest BCUT2D eigenvalue weighted by molar-refractivity contribution is 8.45. The molecule has 49 heavy (non-hydrogen) atoms. The topological polar surface area (TPSA) is 66.9 Å². The van der Waals surface area contributed by atoms with Crippen LogP contribution in [-0.2, 0) is 29.0 Å². The zero-order valence-electron chi connectivity index (χ0n) is 29.8. The average molecular weight is 732 g/mol. The van der Waals surface area contributed by atoms with E-state index < -0.39 is 58.7 Å². The fourth-order valence-electron chi connectivity index (χ4n) is 8.08. The number of halogens is 5. The summed E-state index contributed by atoms with van der Waals surface area (Å²) >= 11 is 0. The molecule has 13 heteroatoms. The van der Waals surface area contributed by atoms with Gasteiger partial charge in [-0.15, -0.1) is 0 Å². The van der Waals surface area contributed by atoms with Gasteiger partial charge in [-0.3, -0.25) is 9.78 Å². The number of hydrogen-bond acceptors (Lipinski definition) is 6. The third-order valence-electron chi connectivity index (χ3n) is 11.6. The average Bonchev–Trinajstić information content (AvgIpc) is 3.58. The first-order chi connectivity index (χ1) is 22.3. The van der Waals surface area contributed by atoms with Gasteiger partial charge in [0.1, 0.15) is 17.1 Å². The molecule has 1 spiro atoms. The number of nitrogens with zero attached hydrogens (tertiary/aromatic N) is 1. The van der Waals surface area contributed by atoms with E-state index in [-0.39, 0.29) is 11.0 Å². The number of hydrogen-bond donors (Lipinski definition) is 0. The minimum absolute atomic E-state index is 0.0535. The van der Waals surface area contributed by atoms with Crippen molar-refractivity contribution in [3.63, 3.8) is 0 Å². The first-order valence-electron chi connectivity index (χ1n) is 17.4. The molecule has 3 heterocycles. The van der Waals surface area contributed by atoms with Crippen molar-refractivity contribution < 1.29 is 42.9 Å². The lowest BCUT2D eigenvalue weighted by Crippen LogP contribution is -2.45. The Bertz CT molecular complexity index is 1630. The number of esters is 1. The molecule has 6 nitrogen and oxygen atoms in total. The molecule has 0 radical (unpaired) electrons. The van der Waals surface area contributed by atoms with E-state index in [0.717, 1.165) is 47.4 Å². The molecule has 2 aromatic rings. The third kappa shape index (κ3) is 6.71. The van der Waals surface area contributed by atoms with Gasteiger partial charge >= 0.3 is 16.2 Å². The summed E-state index contributed by atoms with van der Waals surface area (Å²) in [7, 11) is -12.3. The summed E-state index contributed by atoms with van der Waals surface area (Å²) in [6.07, 6.45) is 3.11. The second kappa shape index (κ2) is 11.2. The van der Waals surface area contributed by atoms with Crippen LogP contribution >= 0.6 is 10.2 Å². The lowest BCUT2D eigenvalue weighted by Gasteiger charge is -2.48. The largest absolute Gasteiger partial charge is 0.455 e. The van der Waals surface area contributed by atoms with Gasteiger partial charge in [-0.1, -0.05) is 79.0 Å². The number of rotatable bonds is 6. The summed E-state index contributed by atoms with van der Waals surface area (Å²) in [6.45, 7) is 17.5. The Morgan fingerprint density at radius 1 is 0.959 bits per heavy atom. The van der Waals surface area contributed by atoms with Crippen molar-refractivity contribution >= 4 is 24.5 Å². The molecule has 6 rings (SSSR count). The SMILES string of the molecule is CC(=O)O[C@H]1c2nc(C3CCOCC3)c3c(c2C(O[Si](C)(C)C(C)(C)C)CC1(C)C)C1(CCCC1)O[C@@H]3c1ccc(S(F)(F)(F)(F)F)cc1. The second-order valence-corrected chi connectivity index (χ2v) is 23.9. The summed E-state index contributed by atoms with van der Waals surface area (Å²) < 4.78 is 95.1. The molecular weight excluding hydrogens is 682 g/mol. The number of carbonyl (C=O) groups excluding carboxylic acids is 1. The Morgan fingerprint density at radius 2 is 1.55 bits per heavy atom. The Morgan fingerprint density at radius 3 is 2.08 bits per heavy atom. The molecule has 3 atom stereocenters. The predicted molar refractivity (Wildman–Crippen MR) is 182 cm³/mol. The van der Waals surface area contributed by atoms with E-state index in [2.05, 4.69) is 47.7 Å². The van der Waals surface area contributed by atoms with Gasteiger partial charge in [0.05, 0.1) is 23.1 Å². The Kier molecular flexibility index (Phi) is 8.41. The number of benzene rings is 1. The number of carbonyl (C=O) groups is 1. The zero-order valence-corrected chi connectivity index (χ0v) is 31.6. The molecule has 2 aliphatic heterocycles. The Hall–Kier alpha value is -2.06. The Balaban J connectivity index is 1.65. The van der Waals surface area contributed by atoms with Gasteiger partial charge in [0.2, 0.25) is 0 Å². The number of aromatic nitrogens is 1. The van der Waals surface area contributed by atoms with Gasteiger partial charge in [0.15, 0.2) is 8.32 Å². The zero-order chi connectivity index (χ0) is 36.1. The number of pyridine rings is 1. The van der Waals surface area contributed by atoms with Gasteiger partial charge in [-0.05, 0) is 73.5 Å². The monoisotopic (exact) mass is 731 g/mol. The van der Waals surface area contributed by atoms with Crippen molar-refractivity contribution in [1.29, 1.82) is 0 Å². The maximum Gasteiger partial charge on any atom is 0.310 e. The molecule has 1 saturated heterocycles. The van der Waals surface area contributed by atoms with Crippen LogP contribution in [0.25, 0.3) is 0 Å². The molecule has 1 aromatic carbocycles. The first kappa shape index (κ1) is 36.7. The molecule has 1 unspecified atom stereocenters. The minimum atomic E-state index is -9.88. The quantitative estimate of drug-likeness (QED) is 0.167. The van der Waals surface area contributed by atoms with Crippen LogP contribution in [0, 0.1) is 5.41 Å². The molecule has 0 N–H and O–H groups in total. The van der Waals surface area contributed by atoms with Gasteiger partial charge in [-0.25, -0.2) is 0 Å². The minimum Gasteiger partial charge on any atom is -0.455 e. The van der Waals surface area contributed by atoms with E-state index in [4.69, 9.17) is 23.6 Å². The van der Waals surface area contributed by atoms with Crippen LogP contribution in [0.3, 0.4) is 0 Å². The highest BCUT2D eigenvalue weighted by Gasteiger charge is 2.65. The molecule has 4 aliphatic rings. The predicted octanol–water partition coefficient (Wildman–Crippen LogP) is 11.6. The fourth-order valence-corrected chi connectivity index (χ4v) is 10.00. The van der Waals surface area contributed by atoms with E-state index in [1.165, 1.54) is 6.92 Å². The summed E-state index contributed by atoms with van der Waals surface area (Å²) in [4.78, 5) is 16.1. The number of ether oxygens (including phenoxy) is 3. The van der Waals surface area contributed by atoms with Crippen molar-refractivity contribution in [1.82, 2.24) is 4.98 Å². The molecule has 274 valence electrons. The standard InChI is InChI=1S/C36H50F5NO5SSi/c1-22(43)45-33-31-27(26(21-35(33,5)6)47-49(7,8)34(2,3)4)29-28(30(42-31)23-15-19-44-20-16-23)32(46-36(29)17-9-10-18-36)24-11-13-25(14-12-24)48(37,38,39,40)41/h11-14,23,26,32-33H,9-10,15-21H2,1-8H3/t26?,32-,33+/m1/s1. The molecule has 2 aliphatic carbocycles. The molecule has 0 amide bonds. The lowest BCUT2D eigenvalue weighted by molar-refractivity contribution is -0.156. The summed E-state index contributed by atoms with van der Waals surface area (Å²) in [5.74, 6) is -0.473. The summed E-state index contributed by atoms with van der Waals surface area (Å²) in [6, 6.07) is 3.19. The smallest absolute Gasteiger partial charge is 0.310 e. The van der Waals surface area contributed by atoms with Crippen LogP contribution in [0.5, 0.6) is 0 Å². The van der Waals surface area contributed by atoms with Crippen LogP contribution in [0.15, 0.2) is 29.2 Å². The van der Waals surface area contributed by atoms with E-state index in [1.54, 1.807) is 0 Å². The van der Waals surface area contributed by atoms with Crippen molar-refractivity contribution in [3.8, 4) is 0 Å². The van der Waals surface area contributed by atoms with Crippen molar-refractivity contribution in [2.24, 2.45) is 5.41 Å². The molecule has 1 saturated carbocycles. The molecule has 1 aromatic heterocycles. The highest BCUT2D eigenvalue weighted by atomic mass is 32.5. The van der Waals surface area contributed by atoms with Crippen LogP contribution < -0.4 is 0 Å². The molecular formula is C36H50F5NO5SSi. The maximum atomic E-state index is 13.8. The Labute approximate surface area is 287 Å². The van der Waals surface area contributed by atoms with Crippen LogP contribution in [0.1, 0.15) is 144 Å². The van der Waals surface area contributed by atoms with Gasteiger partial charge in [0.25, 0.3) is 0 Å². The van der Waals surface area contributed by atoms with E-state index in [0.29, 0.717) is 68.7 Å². The third-order valence-corrected chi connectivity index (χ3v) is 17.2. The lowest BCUT2D eigenvalue weighted by atomic mass is 9.68. The summed E-state index contributed by atoms with van der Waals surface area (Å²) in [5, 5.41) is -0.114. The van der Waals surface area contributed by atoms with Gasteiger partial charge in [-0.2, -0.15) is 0 Å². The summed E-state index contributed by atoms with van der Waals surface area (Å²) in [5.41, 5.74) is 3.03. The van der Waals surface area contributed by atoms with Crippen LogP contribution in [0.4, 0.5) is 19.4 Å². The van der Waals surface area contributed by atoms with E-state index in [9.17, 15) is 24.2 Å². The first-order valence-corrected chi connectivity index (χ1v) is 22.2. The van der Waals surface area contributed by atoms with Crippen LogP contribution in [-0.4, -0.2) is 32.5 Å². The molecule has 0 bridgehead atoms. The fraction of sp³-hybridized carbons (Fsp3) is 0.667. The van der Waals surface area contributed by atoms with Crippen LogP contribution in [0.2, 0.25) is 18.1 Å². The van der Waals surface area contributed by atoms with Crippen molar-refractivity contribution in [2.45, 2.75) is 139 Å². The molecule has 2 fully saturated rings. The normalized spacial score (nSPS) is 26.9.